The normalized spacial score (nSPS) is 12.4. The second-order valence-electron chi connectivity index (χ2n) is 8.21. The molecule has 0 amide bonds. The summed E-state index contributed by atoms with van der Waals surface area (Å²) in [5, 5.41) is 14.6. The van der Waals surface area contributed by atoms with Crippen LogP contribution in [0.4, 0.5) is 5.82 Å². The van der Waals surface area contributed by atoms with Crippen molar-refractivity contribution < 1.29 is 9.52 Å². The van der Waals surface area contributed by atoms with Gasteiger partial charge < -0.3 is 19.8 Å². The molecule has 0 spiro atoms. The van der Waals surface area contributed by atoms with Gasteiger partial charge in [0.15, 0.2) is 0 Å². The Morgan fingerprint density at radius 1 is 1.06 bits per heavy atom. The van der Waals surface area contributed by atoms with Crippen LogP contribution in [0.25, 0.3) is 44.5 Å². The van der Waals surface area contributed by atoms with Crippen LogP contribution in [0.1, 0.15) is 19.8 Å². The lowest BCUT2D eigenvalue weighted by Crippen LogP contribution is -2.13. The number of furan rings is 1. The van der Waals surface area contributed by atoms with E-state index in [9.17, 15) is 0 Å². The number of rotatable bonds is 8. The molecule has 0 aliphatic heterocycles. The molecule has 0 bridgehead atoms. The van der Waals surface area contributed by atoms with Crippen LogP contribution in [-0.2, 0) is 0 Å². The smallest absolute Gasteiger partial charge is 0.232 e. The summed E-state index contributed by atoms with van der Waals surface area (Å²) in [6.07, 6.45) is 5.24. The molecule has 5 aromatic rings. The Bertz CT molecular complexity index is 1340. The first-order valence-electron chi connectivity index (χ1n) is 11.0. The van der Waals surface area contributed by atoms with E-state index in [1.54, 1.807) is 6.33 Å². The molecule has 6 heteroatoms. The first-order valence-corrected chi connectivity index (χ1v) is 11.0. The molecule has 2 aromatic carbocycles. The van der Waals surface area contributed by atoms with E-state index in [2.05, 4.69) is 63.6 Å². The standard InChI is InChI=1S/C26H26N4O2/c1-17(6-5-13-31)15-28-25-23-22(18-7-3-2-4-8-18)24(32-26(23)30-16-29-25)20-9-10-21-19(14-20)11-12-27-21/h2-4,7-12,14,16-17,27,31H,5-6,13,15H2,1H3,(H,28,29,30)/t17-/m0/s1. The SMILES string of the molecule is C[C@@H](CCCO)CNc1ncnc2oc(-c3ccc4[nH]ccc4c3)c(-c3ccccc3)c12. The quantitative estimate of drug-likeness (QED) is 0.289. The maximum Gasteiger partial charge on any atom is 0.232 e. The van der Waals surface area contributed by atoms with Crippen LogP contribution in [0.3, 0.4) is 0 Å². The van der Waals surface area contributed by atoms with Crippen molar-refractivity contribution >= 4 is 27.8 Å². The van der Waals surface area contributed by atoms with Crippen molar-refractivity contribution in [2.24, 2.45) is 5.92 Å². The zero-order valence-electron chi connectivity index (χ0n) is 18.0. The third-order valence-electron chi connectivity index (χ3n) is 5.84. The molecule has 6 nitrogen and oxygen atoms in total. The van der Waals surface area contributed by atoms with Gasteiger partial charge >= 0.3 is 0 Å². The lowest BCUT2D eigenvalue weighted by atomic mass is 9.98. The monoisotopic (exact) mass is 426 g/mol. The van der Waals surface area contributed by atoms with E-state index in [1.807, 2.05) is 24.4 Å². The summed E-state index contributed by atoms with van der Waals surface area (Å²) in [5.74, 6) is 1.96. The van der Waals surface area contributed by atoms with Gasteiger partial charge in [0.1, 0.15) is 17.9 Å². The molecule has 0 aliphatic carbocycles. The average Bonchev–Trinajstić information content (AvgIpc) is 3.46. The van der Waals surface area contributed by atoms with Crippen LogP contribution in [0.5, 0.6) is 0 Å². The lowest BCUT2D eigenvalue weighted by Gasteiger charge is -2.13. The van der Waals surface area contributed by atoms with E-state index in [0.29, 0.717) is 11.6 Å². The van der Waals surface area contributed by atoms with Gasteiger partial charge in [-0.1, -0.05) is 37.3 Å². The molecule has 0 aliphatic rings. The first-order chi connectivity index (χ1) is 15.7. The number of benzene rings is 2. The third kappa shape index (κ3) is 3.85. The maximum absolute atomic E-state index is 9.11. The zero-order valence-corrected chi connectivity index (χ0v) is 18.0. The van der Waals surface area contributed by atoms with E-state index in [1.165, 1.54) is 0 Å². The molecule has 5 rings (SSSR count). The van der Waals surface area contributed by atoms with Gasteiger partial charge in [0.2, 0.25) is 5.71 Å². The van der Waals surface area contributed by atoms with Crippen LogP contribution in [0.2, 0.25) is 0 Å². The highest BCUT2D eigenvalue weighted by atomic mass is 16.3. The fraction of sp³-hybridized carbons (Fsp3) is 0.231. The molecule has 0 saturated carbocycles. The maximum atomic E-state index is 9.11. The van der Waals surface area contributed by atoms with Crippen molar-refractivity contribution in [1.29, 1.82) is 0 Å². The van der Waals surface area contributed by atoms with Crippen molar-refractivity contribution in [3.8, 4) is 22.5 Å². The second-order valence-corrected chi connectivity index (χ2v) is 8.21. The highest BCUT2D eigenvalue weighted by Gasteiger charge is 2.22. The second kappa shape index (κ2) is 8.85. The average molecular weight is 427 g/mol. The van der Waals surface area contributed by atoms with E-state index in [4.69, 9.17) is 9.52 Å². The Balaban J connectivity index is 1.64. The van der Waals surface area contributed by atoms with Crippen LogP contribution in [0, 0.1) is 5.92 Å². The number of nitrogens with one attached hydrogen (secondary N) is 2. The predicted molar refractivity (Wildman–Crippen MR) is 129 cm³/mol. The van der Waals surface area contributed by atoms with Crippen molar-refractivity contribution in [2.45, 2.75) is 19.8 Å². The van der Waals surface area contributed by atoms with Gasteiger partial charge in [0, 0.05) is 41.4 Å². The van der Waals surface area contributed by atoms with Crippen molar-refractivity contribution in [3.63, 3.8) is 0 Å². The van der Waals surface area contributed by atoms with E-state index >= 15 is 0 Å². The molecular formula is C26H26N4O2. The van der Waals surface area contributed by atoms with Crippen molar-refractivity contribution in [2.75, 3.05) is 18.5 Å². The van der Waals surface area contributed by atoms with Crippen LogP contribution >= 0.6 is 0 Å². The molecule has 0 unspecified atom stereocenters. The number of nitrogens with zero attached hydrogens (tertiary/aromatic N) is 2. The fourth-order valence-corrected chi connectivity index (χ4v) is 4.16. The molecule has 162 valence electrons. The number of aromatic nitrogens is 3. The number of fused-ring (bicyclic) bond motifs is 2. The molecule has 32 heavy (non-hydrogen) atoms. The van der Waals surface area contributed by atoms with Gasteiger partial charge in [-0.3, -0.25) is 0 Å². The number of hydrogen-bond acceptors (Lipinski definition) is 5. The summed E-state index contributed by atoms with van der Waals surface area (Å²) in [4.78, 5) is 12.2. The number of anilines is 1. The van der Waals surface area contributed by atoms with Gasteiger partial charge in [-0.05, 0) is 48.6 Å². The fourth-order valence-electron chi connectivity index (χ4n) is 4.16. The molecule has 1 atom stereocenters. The summed E-state index contributed by atoms with van der Waals surface area (Å²) in [5.41, 5.74) is 4.69. The molecule has 0 fully saturated rings. The number of hydrogen-bond donors (Lipinski definition) is 3. The van der Waals surface area contributed by atoms with Crippen LogP contribution in [-0.4, -0.2) is 33.2 Å². The summed E-state index contributed by atoms with van der Waals surface area (Å²) in [6.45, 7) is 3.15. The Morgan fingerprint density at radius 2 is 1.94 bits per heavy atom. The molecular weight excluding hydrogens is 400 g/mol. The van der Waals surface area contributed by atoms with E-state index in [-0.39, 0.29) is 6.61 Å². The third-order valence-corrected chi connectivity index (χ3v) is 5.84. The molecule has 0 radical (unpaired) electrons. The minimum absolute atomic E-state index is 0.219. The van der Waals surface area contributed by atoms with Gasteiger partial charge in [-0.15, -0.1) is 0 Å². The minimum atomic E-state index is 0.219. The van der Waals surface area contributed by atoms with Crippen LogP contribution < -0.4 is 5.32 Å². The Hall–Kier alpha value is -3.64. The summed E-state index contributed by atoms with van der Waals surface area (Å²) < 4.78 is 6.34. The first kappa shape index (κ1) is 20.3. The number of aliphatic hydroxyl groups excluding tert-OH is 1. The minimum Gasteiger partial charge on any atom is -0.437 e. The van der Waals surface area contributed by atoms with Crippen molar-refractivity contribution in [3.05, 3.63) is 67.1 Å². The highest BCUT2D eigenvalue weighted by Crippen LogP contribution is 2.43. The molecule has 3 aromatic heterocycles. The Morgan fingerprint density at radius 3 is 2.78 bits per heavy atom. The highest BCUT2D eigenvalue weighted by molar-refractivity contribution is 6.06. The number of H-pyrrole nitrogens is 1. The largest absolute Gasteiger partial charge is 0.437 e. The Kier molecular flexibility index (Phi) is 5.60. The summed E-state index contributed by atoms with van der Waals surface area (Å²) >= 11 is 0. The summed E-state index contributed by atoms with van der Waals surface area (Å²) in [7, 11) is 0. The van der Waals surface area contributed by atoms with E-state index in [0.717, 1.165) is 63.9 Å². The van der Waals surface area contributed by atoms with Crippen molar-refractivity contribution in [1.82, 2.24) is 15.0 Å². The molecule has 3 heterocycles. The molecule has 3 N–H and O–H groups in total. The topological polar surface area (TPSA) is 87.0 Å². The lowest BCUT2D eigenvalue weighted by molar-refractivity contribution is 0.275. The van der Waals surface area contributed by atoms with Gasteiger partial charge in [-0.2, -0.15) is 0 Å². The molecule has 0 saturated heterocycles. The Labute approximate surface area is 186 Å². The van der Waals surface area contributed by atoms with Crippen LogP contribution in [0.15, 0.2) is 71.5 Å². The van der Waals surface area contributed by atoms with E-state index < -0.39 is 0 Å². The van der Waals surface area contributed by atoms with Gasteiger partial charge in [-0.25, -0.2) is 9.97 Å². The summed E-state index contributed by atoms with van der Waals surface area (Å²) in [6, 6.07) is 18.6. The number of aromatic amines is 1. The van der Waals surface area contributed by atoms with Gasteiger partial charge in [0.05, 0.1) is 5.39 Å². The predicted octanol–water partition coefficient (Wildman–Crippen LogP) is 5.86. The van der Waals surface area contributed by atoms with Gasteiger partial charge in [0.25, 0.3) is 0 Å². The zero-order chi connectivity index (χ0) is 21.9. The number of aliphatic hydroxyl groups is 1.